The molecule has 1 saturated heterocycles. The van der Waals surface area contributed by atoms with E-state index in [4.69, 9.17) is 0 Å². The molecule has 1 aromatic carbocycles. The van der Waals surface area contributed by atoms with Gasteiger partial charge in [0.25, 0.3) is 0 Å². The second kappa shape index (κ2) is 10.4. The van der Waals surface area contributed by atoms with E-state index in [1.165, 1.54) is 30.6 Å². The smallest absolute Gasteiger partial charge is 0.349 e. The second-order valence-electron chi connectivity index (χ2n) is 9.04. The van der Waals surface area contributed by atoms with E-state index in [2.05, 4.69) is 20.3 Å². The summed E-state index contributed by atoms with van der Waals surface area (Å²) in [5.41, 5.74) is -1.29. The number of alkyl halides is 4. The van der Waals surface area contributed by atoms with Crippen molar-refractivity contribution in [2.45, 2.75) is 56.0 Å². The lowest BCUT2D eigenvalue weighted by Gasteiger charge is -2.37. The van der Waals surface area contributed by atoms with Crippen molar-refractivity contribution in [1.29, 1.82) is 0 Å². The van der Waals surface area contributed by atoms with Gasteiger partial charge in [-0.3, -0.25) is 9.78 Å². The zero-order valence-electron chi connectivity index (χ0n) is 20.5. The quantitative estimate of drug-likeness (QED) is 0.444. The van der Waals surface area contributed by atoms with E-state index in [0.717, 1.165) is 29.1 Å². The molecule has 1 amide bonds. The Bertz CT molecular complexity index is 1410. The largest absolute Gasteiger partial charge is 0.433 e. The second-order valence-corrected chi connectivity index (χ2v) is 10.9. The van der Waals surface area contributed by atoms with E-state index >= 15 is 4.39 Å². The molecular weight excluding hydrogens is 526 g/mol. The van der Waals surface area contributed by atoms with Crippen LogP contribution in [0.3, 0.4) is 0 Å². The Morgan fingerprint density at radius 3 is 2.45 bits per heavy atom. The first kappa shape index (κ1) is 27.6. The fraction of sp³-hybridized carbons (Fsp3) is 0.360. The van der Waals surface area contributed by atoms with Crippen LogP contribution in [-0.2, 0) is 27.5 Å². The van der Waals surface area contributed by atoms with Crippen molar-refractivity contribution < 1.29 is 30.8 Å². The number of aromatic nitrogens is 3. The normalized spacial score (nSPS) is 19.3. The summed E-state index contributed by atoms with van der Waals surface area (Å²) in [6.07, 6.45) is -3.90. The number of sulfonamides is 1. The zero-order valence-corrected chi connectivity index (χ0v) is 21.4. The highest BCUT2D eigenvalue weighted by atomic mass is 32.2. The van der Waals surface area contributed by atoms with E-state index in [-0.39, 0.29) is 35.8 Å². The summed E-state index contributed by atoms with van der Waals surface area (Å²) >= 11 is 0. The van der Waals surface area contributed by atoms with Crippen LogP contribution in [0.1, 0.15) is 36.7 Å². The monoisotopic (exact) mass is 551 g/mol. The molecule has 0 aliphatic carbocycles. The molecule has 2 aromatic heterocycles. The lowest BCUT2D eigenvalue weighted by molar-refractivity contribution is -0.141. The van der Waals surface area contributed by atoms with Gasteiger partial charge in [0.05, 0.1) is 22.8 Å². The molecule has 3 heterocycles. The number of halogens is 4. The van der Waals surface area contributed by atoms with Crippen LogP contribution in [0.4, 0.5) is 17.6 Å². The minimum absolute atomic E-state index is 0.00611. The number of aryl methyl sites for hydroxylation is 1. The third-order valence-electron chi connectivity index (χ3n) is 6.53. The molecule has 4 rings (SSSR count). The maximum absolute atomic E-state index is 15.1. The van der Waals surface area contributed by atoms with Gasteiger partial charge in [0.2, 0.25) is 15.9 Å². The molecule has 1 N–H and O–H groups in total. The molecule has 8 nitrogen and oxygen atoms in total. The predicted octanol–water partition coefficient (Wildman–Crippen LogP) is 4.06. The van der Waals surface area contributed by atoms with E-state index in [0.29, 0.717) is 12.0 Å². The first-order valence-corrected chi connectivity index (χ1v) is 13.2. The van der Waals surface area contributed by atoms with E-state index in [1.54, 1.807) is 19.1 Å². The number of benzene rings is 1. The average molecular weight is 552 g/mol. The van der Waals surface area contributed by atoms with Crippen LogP contribution >= 0.6 is 0 Å². The molecule has 1 fully saturated rings. The summed E-state index contributed by atoms with van der Waals surface area (Å²) in [5, 5.41) is 2.59. The van der Waals surface area contributed by atoms with Crippen molar-refractivity contribution in [2.24, 2.45) is 0 Å². The number of rotatable bonds is 7. The Hall–Kier alpha value is -3.45. The Morgan fingerprint density at radius 1 is 1.13 bits per heavy atom. The summed E-state index contributed by atoms with van der Waals surface area (Å²) in [6, 6.07) is 9.59. The maximum Gasteiger partial charge on any atom is 0.433 e. The van der Waals surface area contributed by atoms with E-state index in [1.807, 2.05) is 0 Å². The van der Waals surface area contributed by atoms with E-state index in [9.17, 15) is 26.4 Å². The van der Waals surface area contributed by atoms with Crippen LogP contribution in [0.25, 0.3) is 11.3 Å². The van der Waals surface area contributed by atoms with Crippen molar-refractivity contribution in [2.75, 3.05) is 6.54 Å². The molecule has 3 aromatic rings. The van der Waals surface area contributed by atoms with Crippen LogP contribution in [0, 0.1) is 6.92 Å². The van der Waals surface area contributed by atoms with Gasteiger partial charge >= 0.3 is 6.18 Å². The van der Waals surface area contributed by atoms with Gasteiger partial charge < -0.3 is 5.32 Å². The molecule has 0 bridgehead atoms. The number of hydrogen-bond acceptors (Lipinski definition) is 6. The van der Waals surface area contributed by atoms with Crippen molar-refractivity contribution in [3.63, 3.8) is 0 Å². The SMILES string of the molecule is Cc1ccc(S(=O)(=O)N2CCC[C@]2(C(=O)NCc2cc(-c3ccc(C(F)(F)F)nc3)ncn2)C(C)F)cc1. The molecule has 1 unspecified atom stereocenters. The molecule has 0 spiro atoms. The van der Waals surface area contributed by atoms with Gasteiger partial charge in [0.15, 0.2) is 0 Å². The van der Waals surface area contributed by atoms with Crippen LogP contribution in [0.5, 0.6) is 0 Å². The third-order valence-corrected chi connectivity index (χ3v) is 8.48. The van der Waals surface area contributed by atoms with Gasteiger partial charge in [0.1, 0.15) is 23.7 Å². The summed E-state index contributed by atoms with van der Waals surface area (Å²) < 4.78 is 81.3. The summed E-state index contributed by atoms with van der Waals surface area (Å²) in [4.78, 5) is 24.9. The van der Waals surface area contributed by atoms with Gasteiger partial charge in [0, 0.05) is 18.3 Å². The average Bonchev–Trinajstić information content (AvgIpc) is 3.35. The Morgan fingerprint density at radius 2 is 1.84 bits per heavy atom. The van der Waals surface area contributed by atoms with Crippen molar-refractivity contribution in [3.8, 4) is 11.3 Å². The highest BCUT2D eigenvalue weighted by Crippen LogP contribution is 2.39. The first-order valence-electron chi connectivity index (χ1n) is 11.7. The Balaban J connectivity index is 1.55. The molecule has 202 valence electrons. The third kappa shape index (κ3) is 5.25. The van der Waals surface area contributed by atoms with Crippen molar-refractivity contribution in [3.05, 3.63) is 71.9 Å². The number of carbonyl (C=O) groups is 1. The number of amides is 1. The topological polar surface area (TPSA) is 105 Å². The van der Waals surface area contributed by atoms with Gasteiger partial charge in [-0.05, 0) is 57.0 Å². The standard InChI is InChI=1S/C25H25F4N5O3S/c1-16-4-7-20(8-5-16)38(36,37)34-11-3-10-24(34,17(2)26)23(35)31-14-19-12-21(33-15-32-19)18-6-9-22(30-13-18)25(27,28)29/h4-9,12-13,15,17H,3,10-11,14H2,1-2H3,(H,31,35)/t17?,24-/m1/s1. The lowest BCUT2D eigenvalue weighted by Crippen LogP contribution is -2.61. The fourth-order valence-electron chi connectivity index (χ4n) is 4.48. The summed E-state index contributed by atoms with van der Waals surface area (Å²) in [6.45, 7) is 2.76. The summed E-state index contributed by atoms with van der Waals surface area (Å²) in [7, 11) is -4.17. The molecule has 13 heteroatoms. The predicted molar refractivity (Wildman–Crippen MR) is 130 cm³/mol. The Labute approximate surface area is 217 Å². The van der Waals surface area contributed by atoms with Crippen molar-refractivity contribution in [1.82, 2.24) is 24.6 Å². The molecular formula is C25H25F4N5O3S. The van der Waals surface area contributed by atoms with Crippen LogP contribution in [0.15, 0.2) is 59.9 Å². The van der Waals surface area contributed by atoms with Crippen LogP contribution < -0.4 is 5.32 Å². The fourth-order valence-corrected chi connectivity index (χ4v) is 6.33. The minimum atomic E-state index is -4.58. The molecule has 0 radical (unpaired) electrons. The van der Waals surface area contributed by atoms with Crippen molar-refractivity contribution >= 4 is 15.9 Å². The molecule has 38 heavy (non-hydrogen) atoms. The number of nitrogens with zero attached hydrogens (tertiary/aromatic N) is 4. The van der Waals surface area contributed by atoms with Gasteiger partial charge in [-0.25, -0.2) is 22.8 Å². The molecule has 1 aliphatic heterocycles. The zero-order chi connectivity index (χ0) is 27.7. The summed E-state index contributed by atoms with van der Waals surface area (Å²) in [5.74, 6) is -0.808. The number of nitrogens with one attached hydrogen (secondary N) is 1. The molecule has 0 saturated carbocycles. The minimum Gasteiger partial charge on any atom is -0.349 e. The number of carbonyl (C=O) groups excluding carboxylic acids is 1. The molecule has 1 aliphatic rings. The van der Waals surface area contributed by atoms with Crippen LogP contribution in [0.2, 0.25) is 0 Å². The highest BCUT2D eigenvalue weighted by Gasteiger charge is 2.56. The van der Waals surface area contributed by atoms with Gasteiger partial charge in [-0.15, -0.1) is 0 Å². The van der Waals surface area contributed by atoms with Crippen LogP contribution in [-0.4, -0.2) is 51.8 Å². The van der Waals surface area contributed by atoms with E-state index < -0.39 is 39.5 Å². The highest BCUT2D eigenvalue weighted by molar-refractivity contribution is 7.89. The van der Waals surface area contributed by atoms with Gasteiger partial charge in [-0.2, -0.15) is 17.5 Å². The number of hydrogen-bond donors (Lipinski definition) is 1. The first-order chi connectivity index (χ1) is 17.9. The van der Waals surface area contributed by atoms with Gasteiger partial charge in [-0.1, -0.05) is 17.7 Å². The number of pyridine rings is 1. The Kier molecular flexibility index (Phi) is 7.53. The maximum atomic E-state index is 15.1. The lowest BCUT2D eigenvalue weighted by atomic mass is 9.91. The molecule has 2 atom stereocenters.